The molecule has 2 amide bonds. The fourth-order valence-electron chi connectivity index (χ4n) is 3.06. The average molecular weight is 336 g/mol. The Morgan fingerprint density at radius 1 is 1.46 bits per heavy atom. The van der Waals surface area contributed by atoms with Gasteiger partial charge in [-0.15, -0.1) is 0 Å². The van der Waals surface area contributed by atoms with Crippen LogP contribution in [0, 0.1) is 12.8 Å². The van der Waals surface area contributed by atoms with Crippen molar-refractivity contribution in [3.63, 3.8) is 0 Å². The number of urea groups is 1. The summed E-state index contributed by atoms with van der Waals surface area (Å²) >= 11 is 0. The van der Waals surface area contributed by atoms with Crippen LogP contribution in [0.4, 0.5) is 10.5 Å². The first-order valence-electron chi connectivity index (χ1n) is 9.20. The van der Waals surface area contributed by atoms with Gasteiger partial charge in [0.15, 0.2) is 0 Å². The number of aromatic nitrogens is 2. The van der Waals surface area contributed by atoms with E-state index in [0.29, 0.717) is 19.1 Å². The highest BCUT2D eigenvalue weighted by Crippen LogP contribution is 2.21. The van der Waals surface area contributed by atoms with E-state index in [0.717, 1.165) is 50.2 Å². The van der Waals surface area contributed by atoms with E-state index in [1.165, 1.54) is 0 Å². The van der Waals surface area contributed by atoms with Gasteiger partial charge >= 0.3 is 6.03 Å². The Kier molecular flexibility index (Phi) is 7.09. The van der Waals surface area contributed by atoms with Gasteiger partial charge in [0, 0.05) is 19.7 Å². The maximum atomic E-state index is 12.7. The predicted molar refractivity (Wildman–Crippen MR) is 96.3 cm³/mol. The van der Waals surface area contributed by atoms with Gasteiger partial charge in [-0.3, -0.25) is 4.68 Å². The van der Waals surface area contributed by atoms with Gasteiger partial charge in [-0.1, -0.05) is 13.8 Å². The standard InChI is InChI=1S/C18H32N4O2/c1-5-24-13-16-8-6-7-10-21(16)18(23)20-17-12-19-22(15(17)4)11-9-14(2)3/h12,14,16H,5-11,13H2,1-4H3,(H,20,23). The number of carbonyl (C=O) groups excluding carboxylic acids is 1. The molecule has 1 aliphatic heterocycles. The Morgan fingerprint density at radius 3 is 2.96 bits per heavy atom. The molecular weight excluding hydrogens is 304 g/mol. The highest BCUT2D eigenvalue weighted by molar-refractivity contribution is 5.90. The van der Waals surface area contributed by atoms with Crippen LogP contribution in [-0.4, -0.2) is 46.5 Å². The third kappa shape index (κ3) is 4.97. The first-order chi connectivity index (χ1) is 11.5. The lowest BCUT2D eigenvalue weighted by Gasteiger charge is -2.35. The second-order valence-corrected chi connectivity index (χ2v) is 6.98. The van der Waals surface area contributed by atoms with Crippen molar-refractivity contribution in [2.24, 2.45) is 5.92 Å². The molecule has 1 aromatic rings. The van der Waals surface area contributed by atoms with Gasteiger partial charge < -0.3 is 15.0 Å². The molecule has 2 rings (SSSR count). The molecule has 1 fully saturated rings. The monoisotopic (exact) mass is 336 g/mol. The van der Waals surface area contributed by atoms with E-state index < -0.39 is 0 Å². The maximum Gasteiger partial charge on any atom is 0.322 e. The number of ether oxygens (including phenoxy) is 1. The molecule has 1 atom stereocenters. The van der Waals surface area contributed by atoms with Gasteiger partial charge in [-0.25, -0.2) is 4.79 Å². The Bertz CT molecular complexity index is 527. The number of hydrogen-bond acceptors (Lipinski definition) is 3. The van der Waals surface area contributed by atoms with Crippen molar-refractivity contribution in [1.29, 1.82) is 0 Å². The van der Waals surface area contributed by atoms with E-state index in [2.05, 4.69) is 24.3 Å². The molecule has 0 spiro atoms. The summed E-state index contributed by atoms with van der Waals surface area (Å²) < 4.78 is 7.52. The fraction of sp³-hybridized carbons (Fsp3) is 0.778. The quantitative estimate of drug-likeness (QED) is 0.826. The number of anilines is 1. The predicted octanol–water partition coefficient (Wildman–Crippen LogP) is 3.66. The zero-order valence-corrected chi connectivity index (χ0v) is 15.5. The lowest BCUT2D eigenvalue weighted by Crippen LogP contribution is -2.48. The second-order valence-electron chi connectivity index (χ2n) is 6.98. The van der Waals surface area contributed by atoms with Crippen LogP contribution in [0.2, 0.25) is 0 Å². The maximum absolute atomic E-state index is 12.7. The molecule has 1 saturated heterocycles. The van der Waals surface area contributed by atoms with Crippen LogP contribution in [0.5, 0.6) is 0 Å². The summed E-state index contributed by atoms with van der Waals surface area (Å²) in [7, 11) is 0. The number of likely N-dealkylation sites (tertiary alicyclic amines) is 1. The molecule has 6 nitrogen and oxygen atoms in total. The topological polar surface area (TPSA) is 59.4 Å². The minimum Gasteiger partial charge on any atom is -0.380 e. The molecule has 0 aliphatic carbocycles. The number of piperidine rings is 1. The van der Waals surface area contributed by atoms with Crippen LogP contribution in [0.15, 0.2) is 6.20 Å². The van der Waals surface area contributed by atoms with Crippen molar-refractivity contribution in [3.05, 3.63) is 11.9 Å². The summed E-state index contributed by atoms with van der Waals surface area (Å²) in [5.41, 5.74) is 1.83. The van der Waals surface area contributed by atoms with E-state index in [1.54, 1.807) is 6.20 Å². The molecule has 24 heavy (non-hydrogen) atoms. The van der Waals surface area contributed by atoms with Crippen LogP contribution in [0.25, 0.3) is 0 Å². The Morgan fingerprint density at radius 2 is 2.25 bits per heavy atom. The summed E-state index contributed by atoms with van der Waals surface area (Å²) in [6.45, 7) is 11.4. The largest absolute Gasteiger partial charge is 0.380 e. The number of amides is 2. The van der Waals surface area contributed by atoms with Gasteiger partial charge in [0.25, 0.3) is 0 Å². The summed E-state index contributed by atoms with van der Waals surface area (Å²) in [5.74, 6) is 0.638. The molecule has 0 aromatic carbocycles. The van der Waals surface area contributed by atoms with Gasteiger partial charge in [0.1, 0.15) is 0 Å². The zero-order chi connectivity index (χ0) is 17.5. The summed E-state index contributed by atoms with van der Waals surface area (Å²) in [6, 6.07) is 0.140. The van der Waals surface area contributed by atoms with Crippen molar-refractivity contribution in [2.75, 3.05) is 25.1 Å². The van der Waals surface area contributed by atoms with Crippen molar-refractivity contribution in [2.45, 2.75) is 66.0 Å². The minimum atomic E-state index is -0.0362. The van der Waals surface area contributed by atoms with Crippen molar-refractivity contribution >= 4 is 11.7 Å². The number of nitrogens with one attached hydrogen (secondary N) is 1. The molecular formula is C18H32N4O2. The van der Waals surface area contributed by atoms with Gasteiger partial charge in [0.2, 0.25) is 0 Å². The molecule has 1 N–H and O–H groups in total. The Balaban J connectivity index is 1.97. The van der Waals surface area contributed by atoms with E-state index >= 15 is 0 Å². The van der Waals surface area contributed by atoms with Crippen molar-refractivity contribution < 1.29 is 9.53 Å². The molecule has 1 unspecified atom stereocenters. The van der Waals surface area contributed by atoms with E-state index in [9.17, 15) is 4.79 Å². The highest BCUT2D eigenvalue weighted by atomic mass is 16.5. The Labute approximate surface area is 145 Å². The first-order valence-corrected chi connectivity index (χ1v) is 9.20. The van der Waals surface area contributed by atoms with E-state index in [4.69, 9.17) is 4.74 Å². The lowest BCUT2D eigenvalue weighted by molar-refractivity contribution is 0.0653. The number of carbonyl (C=O) groups is 1. The smallest absolute Gasteiger partial charge is 0.322 e. The van der Waals surface area contributed by atoms with Crippen molar-refractivity contribution in [1.82, 2.24) is 14.7 Å². The molecule has 136 valence electrons. The first kappa shape index (κ1) is 18.8. The summed E-state index contributed by atoms with van der Waals surface area (Å²) in [4.78, 5) is 14.6. The number of hydrogen-bond donors (Lipinski definition) is 1. The van der Waals surface area contributed by atoms with E-state index in [1.807, 2.05) is 23.4 Å². The molecule has 2 heterocycles. The normalized spacial score (nSPS) is 18.2. The molecule has 0 saturated carbocycles. The molecule has 0 bridgehead atoms. The summed E-state index contributed by atoms with van der Waals surface area (Å²) in [6.07, 6.45) is 6.07. The van der Waals surface area contributed by atoms with Crippen LogP contribution in [0.3, 0.4) is 0 Å². The molecule has 1 aliphatic rings. The van der Waals surface area contributed by atoms with Crippen LogP contribution in [-0.2, 0) is 11.3 Å². The van der Waals surface area contributed by atoms with E-state index in [-0.39, 0.29) is 12.1 Å². The van der Waals surface area contributed by atoms with Crippen LogP contribution in [0.1, 0.15) is 52.1 Å². The Hall–Kier alpha value is -1.56. The zero-order valence-electron chi connectivity index (χ0n) is 15.5. The minimum absolute atomic E-state index is 0.0362. The third-order valence-electron chi connectivity index (χ3n) is 4.67. The van der Waals surface area contributed by atoms with Gasteiger partial charge in [0.05, 0.1) is 30.2 Å². The number of nitrogens with zero attached hydrogens (tertiary/aromatic N) is 3. The lowest BCUT2D eigenvalue weighted by atomic mass is 10.0. The van der Waals surface area contributed by atoms with Gasteiger partial charge in [-0.05, 0) is 45.4 Å². The van der Waals surface area contributed by atoms with Gasteiger partial charge in [-0.2, -0.15) is 5.10 Å². The molecule has 0 radical (unpaired) electrons. The van der Waals surface area contributed by atoms with Crippen molar-refractivity contribution in [3.8, 4) is 0 Å². The molecule has 6 heteroatoms. The number of aryl methyl sites for hydroxylation is 1. The second kappa shape index (κ2) is 9.06. The average Bonchev–Trinajstić information content (AvgIpc) is 2.91. The van der Waals surface area contributed by atoms with Crippen LogP contribution < -0.4 is 5.32 Å². The number of rotatable bonds is 7. The van der Waals surface area contributed by atoms with Crippen LogP contribution >= 0.6 is 0 Å². The third-order valence-corrected chi connectivity index (χ3v) is 4.67. The summed E-state index contributed by atoms with van der Waals surface area (Å²) in [5, 5.41) is 7.46. The SMILES string of the molecule is CCOCC1CCCCN1C(=O)Nc1cnn(CCC(C)C)c1C. The highest BCUT2D eigenvalue weighted by Gasteiger charge is 2.27. The fourth-order valence-corrected chi connectivity index (χ4v) is 3.06. The molecule has 1 aromatic heterocycles.